The Labute approximate surface area is 124 Å². The summed E-state index contributed by atoms with van der Waals surface area (Å²) in [6.45, 7) is 0. The lowest BCUT2D eigenvalue weighted by Crippen LogP contribution is -2.13. The Morgan fingerprint density at radius 3 is 2.86 bits per heavy atom. The third kappa shape index (κ3) is 2.71. The second kappa shape index (κ2) is 5.49. The summed E-state index contributed by atoms with van der Waals surface area (Å²) < 4.78 is 19.6. The normalized spacial score (nSPS) is 10.6. The number of amides is 1. The summed E-state index contributed by atoms with van der Waals surface area (Å²) in [7, 11) is 1.58. The zero-order chi connectivity index (χ0) is 14.8. The number of thiazole rings is 1. The van der Waals surface area contributed by atoms with Crippen LogP contribution in [0.2, 0.25) is 0 Å². The first-order valence-corrected chi connectivity index (χ1v) is 6.99. The first-order valence-electron chi connectivity index (χ1n) is 6.18. The van der Waals surface area contributed by atoms with Crippen LogP contribution in [-0.4, -0.2) is 18.0 Å². The van der Waals surface area contributed by atoms with Gasteiger partial charge in [0.1, 0.15) is 11.6 Å². The molecule has 0 saturated heterocycles. The van der Waals surface area contributed by atoms with Crippen molar-refractivity contribution in [2.24, 2.45) is 0 Å². The molecule has 4 nitrogen and oxygen atoms in total. The van der Waals surface area contributed by atoms with Crippen molar-refractivity contribution >= 4 is 32.6 Å². The molecule has 0 fully saturated rings. The average molecular weight is 302 g/mol. The number of carbonyl (C=O) groups is 1. The number of ether oxygens (including phenoxy) is 1. The van der Waals surface area contributed by atoms with Crippen molar-refractivity contribution in [3.8, 4) is 5.75 Å². The van der Waals surface area contributed by atoms with Crippen molar-refractivity contribution in [2.45, 2.75) is 0 Å². The molecule has 0 aliphatic carbocycles. The van der Waals surface area contributed by atoms with Crippen molar-refractivity contribution in [1.29, 1.82) is 0 Å². The molecule has 0 atom stereocenters. The second-order valence-corrected chi connectivity index (χ2v) is 5.32. The Bertz CT molecular complexity index is 816. The molecule has 1 amide bonds. The maximum absolute atomic E-state index is 13.6. The van der Waals surface area contributed by atoms with E-state index in [1.54, 1.807) is 19.2 Å². The fraction of sp³-hybridized carbons (Fsp3) is 0.0667. The lowest BCUT2D eigenvalue weighted by molar-refractivity contribution is 0.102. The molecule has 0 bridgehead atoms. The molecule has 3 rings (SSSR count). The number of carbonyl (C=O) groups excluding carboxylic acids is 1. The average Bonchev–Trinajstić information content (AvgIpc) is 2.88. The molecule has 0 aliphatic rings. The number of halogens is 1. The maximum atomic E-state index is 13.6. The van der Waals surface area contributed by atoms with Gasteiger partial charge in [-0.1, -0.05) is 23.5 Å². The van der Waals surface area contributed by atoms with Gasteiger partial charge in [-0.15, -0.1) is 0 Å². The topological polar surface area (TPSA) is 51.2 Å². The van der Waals surface area contributed by atoms with E-state index in [9.17, 15) is 9.18 Å². The largest absolute Gasteiger partial charge is 0.497 e. The molecular formula is C15H11FN2O2S. The first-order chi connectivity index (χ1) is 10.2. The molecule has 1 aromatic heterocycles. The molecule has 2 aromatic carbocycles. The second-order valence-electron chi connectivity index (χ2n) is 4.29. The van der Waals surface area contributed by atoms with Gasteiger partial charge in [-0.05, 0) is 24.3 Å². The van der Waals surface area contributed by atoms with Crippen molar-refractivity contribution in [2.75, 3.05) is 12.4 Å². The van der Waals surface area contributed by atoms with E-state index in [4.69, 9.17) is 4.74 Å². The predicted octanol–water partition coefficient (Wildman–Crippen LogP) is 3.70. The van der Waals surface area contributed by atoms with Gasteiger partial charge in [0.05, 0.1) is 22.9 Å². The van der Waals surface area contributed by atoms with Gasteiger partial charge in [-0.2, -0.15) is 0 Å². The van der Waals surface area contributed by atoms with Crippen molar-refractivity contribution < 1.29 is 13.9 Å². The van der Waals surface area contributed by atoms with Crippen molar-refractivity contribution in [3.63, 3.8) is 0 Å². The number of hydrogen-bond acceptors (Lipinski definition) is 4. The van der Waals surface area contributed by atoms with Gasteiger partial charge >= 0.3 is 0 Å². The van der Waals surface area contributed by atoms with E-state index in [0.29, 0.717) is 10.9 Å². The van der Waals surface area contributed by atoms with Crippen LogP contribution in [-0.2, 0) is 0 Å². The molecule has 1 heterocycles. The van der Waals surface area contributed by atoms with Gasteiger partial charge in [0.2, 0.25) is 0 Å². The minimum absolute atomic E-state index is 0.00524. The minimum Gasteiger partial charge on any atom is -0.497 e. The highest BCUT2D eigenvalue weighted by Crippen LogP contribution is 2.29. The van der Waals surface area contributed by atoms with Crippen molar-refractivity contribution in [1.82, 2.24) is 4.98 Å². The Morgan fingerprint density at radius 2 is 2.10 bits per heavy atom. The minimum atomic E-state index is -0.558. The molecule has 6 heteroatoms. The van der Waals surface area contributed by atoms with Gasteiger partial charge < -0.3 is 4.74 Å². The molecular weight excluding hydrogens is 291 g/mol. The van der Waals surface area contributed by atoms with E-state index in [-0.39, 0.29) is 5.56 Å². The number of nitrogens with zero attached hydrogens (tertiary/aromatic N) is 1. The van der Waals surface area contributed by atoms with Crippen LogP contribution in [0.3, 0.4) is 0 Å². The SMILES string of the molecule is COc1ccc2sc(NC(=O)c3ccccc3F)nc2c1. The van der Waals surface area contributed by atoms with E-state index in [1.165, 1.54) is 29.5 Å². The molecule has 0 aliphatic heterocycles. The third-order valence-electron chi connectivity index (χ3n) is 2.93. The van der Waals surface area contributed by atoms with Crippen molar-refractivity contribution in [3.05, 3.63) is 53.8 Å². The van der Waals surface area contributed by atoms with Crippen LogP contribution in [0.25, 0.3) is 10.2 Å². The van der Waals surface area contributed by atoms with Crippen LogP contribution >= 0.6 is 11.3 Å². The van der Waals surface area contributed by atoms with Crippen LogP contribution in [0.5, 0.6) is 5.75 Å². The lowest BCUT2D eigenvalue weighted by atomic mass is 10.2. The smallest absolute Gasteiger partial charge is 0.260 e. The standard InChI is InChI=1S/C15H11FN2O2S/c1-20-9-6-7-13-12(8-9)17-15(21-13)18-14(19)10-4-2-3-5-11(10)16/h2-8H,1H3,(H,17,18,19). The molecule has 1 N–H and O–H groups in total. The highest BCUT2D eigenvalue weighted by atomic mass is 32.1. The van der Waals surface area contributed by atoms with E-state index in [1.807, 2.05) is 12.1 Å². The Hall–Kier alpha value is -2.47. The summed E-state index contributed by atoms with van der Waals surface area (Å²) in [4.78, 5) is 16.3. The number of anilines is 1. The van der Waals surface area contributed by atoms with Crippen LogP contribution < -0.4 is 10.1 Å². The van der Waals surface area contributed by atoms with E-state index < -0.39 is 11.7 Å². The molecule has 0 saturated carbocycles. The van der Waals surface area contributed by atoms with Gasteiger partial charge in [0.15, 0.2) is 5.13 Å². The molecule has 106 valence electrons. The number of methoxy groups -OCH3 is 1. The quantitative estimate of drug-likeness (QED) is 0.802. The molecule has 0 radical (unpaired) electrons. The number of aromatic nitrogens is 1. The number of nitrogens with one attached hydrogen (secondary N) is 1. The zero-order valence-corrected chi connectivity index (χ0v) is 11.9. The number of rotatable bonds is 3. The van der Waals surface area contributed by atoms with Gasteiger partial charge in [0.25, 0.3) is 5.91 Å². The molecule has 0 spiro atoms. The zero-order valence-electron chi connectivity index (χ0n) is 11.1. The number of hydrogen-bond donors (Lipinski definition) is 1. The Kier molecular flexibility index (Phi) is 3.53. The van der Waals surface area contributed by atoms with Crippen LogP contribution in [0, 0.1) is 5.82 Å². The van der Waals surface area contributed by atoms with Crippen LogP contribution in [0.4, 0.5) is 9.52 Å². The Morgan fingerprint density at radius 1 is 1.29 bits per heavy atom. The summed E-state index contributed by atoms with van der Waals surface area (Å²) >= 11 is 1.32. The van der Waals surface area contributed by atoms with Gasteiger partial charge in [0, 0.05) is 6.07 Å². The summed E-state index contributed by atoms with van der Waals surface area (Å²) in [5, 5.41) is 3.04. The summed E-state index contributed by atoms with van der Waals surface area (Å²) in [5.41, 5.74) is 0.720. The van der Waals surface area contributed by atoms with E-state index in [2.05, 4.69) is 10.3 Å². The molecule has 3 aromatic rings. The number of fused-ring (bicyclic) bond motifs is 1. The number of benzene rings is 2. The lowest BCUT2D eigenvalue weighted by Gasteiger charge is -2.02. The van der Waals surface area contributed by atoms with Crippen LogP contribution in [0.1, 0.15) is 10.4 Å². The molecule has 0 unspecified atom stereocenters. The monoisotopic (exact) mass is 302 g/mol. The van der Waals surface area contributed by atoms with Gasteiger partial charge in [-0.25, -0.2) is 9.37 Å². The van der Waals surface area contributed by atoms with E-state index >= 15 is 0 Å². The summed E-state index contributed by atoms with van der Waals surface area (Å²) in [6, 6.07) is 11.3. The summed E-state index contributed by atoms with van der Waals surface area (Å²) in [6.07, 6.45) is 0. The first kappa shape index (κ1) is 13.5. The fourth-order valence-electron chi connectivity index (χ4n) is 1.90. The highest BCUT2D eigenvalue weighted by molar-refractivity contribution is 7.22. The maximum Gasteiger partial charge on any atom is 0.260 e. The predicted molar refractivity (Wildman–Crippen MR) is 80.5 cm³/mol. The Balaban J connectivity index is 1.88. The van der Waals surface area contributed by atoms with Crippen LogP contribution in [0.15, 0.2) is 42.5 Å². The third-order valence-corrected chi connectivity index (χ3v) is 3.89. The fourth-order valence-corrected chi connectivity index (χ4v) is 2.74. The van der Waals surface area contributed by atoms with Gasteiger partial charge in [-0.3, -0.25) is 10.1 Å². The van der Waals surface area contributed by atoms with E-state index in [0.717, 1.165) is 10.2 Å². The highest BCUT2D eigenvalue weighted by Gasteiger charge is 2.13. The molecule has 21 heavy (non-hydrogen) atoms. The summed E-state index contributed by atoms with van der Waals surface area (Å²) in [5.74, 6) is -0.378.